The van der Waals surface area contributed by atoms with Crippen molar-refractivity contribution in [2.45, 2.75) is 6.92 Å². The van der Waals surface area contributed by atoms with Gasteiger partial charge in [-0.1, -0.05) is 18.2 Å². The summed E-state index contributed by atoms with van der Waals surface area (Å²) < 4.78 is 40.1. The van der Waals surface area contributed by atoms with E-state index >= 15 is 0 Å². The van der Waals surface area contributed by atoms with E-state index in [1.807, 2.05) is 0 Å². The largest absolute Gasteiger partial charge is 0.319 e. The molecule has 2 rings (SSSR count). The molecule has 0 atom stereocenters. The van der Waals surface area contributed by atoms with Gasteiger partial charge < -0.3 is 5.32 Å². The molecule has 2 aromatic rings. The molecule has 1 N–H and O–H groups in total. The Morgan fingerprint density at radius 1 is 1.00 bits per heavy atom. The monoisotopic (exact) mass is 265 g/mol. The average Bonchev–Trinajstić information content (AvgIpc) is 2.38. The van der Waals surface area contributed by atoms with E-state index in [1.54, 1.807) is 6.07 Å². The standard InChI is InChI=1S/C14H10F3NO/c1-8-4-2-7-11(12(8)16)18-14(19)9-5-3-6-10(15)13(9)17/h2-7H,1H3,(H,18,19). The first-order chi connectivity index (χ1) is 9.00. The zero-order valence-corrected chi connectivity index (χ0v) is 10.0. The lowest BCUT2D eigenvalue weighted by Gasteiger charge is -2.08. The Balaban J connectivity index is 2.31. The third-order valence-corrected chi connectivity index (χ3v) is 2.64. The minimum Gasteiger partial charge on any atom is -0.319 e. The molecule has 0 heterocycles. The number of carbonyl (C=O) groups is 1. The average molecular weight is 265 g/mol. The van der Waals surface area contributed by atoms with Crippen molar-refractivity contribution >= 4 is 11.6 Å². The first kappa shape index (κ1) is 13.1. The van der Waals surface area contributed by atoms with Crippen molar-refractivity contribution in [2.75, 3.05) is 5.32 Å². The summed E-state index contributed by atoms with van der Waals surface area (Å²) in [7, 11) is 0. The molecule has 5 heteroatoms. The highest BCUT2D eigenvalue weighted by atomic mass is 19.2. The third kappa shape index (κ3) is 2.59. The molecule has 1 amide bonds. The summed E-state index contributed by atoms with van der Waals surface area (Å²) in [6, 6.07) is 7.67. The molecule has 0 aliphatic heterocycles. The Morgan fingerprint density at radius 2 is 1.68 bits per heavy atom. The number of anilines is 1. The van der Waals surface area contributed by atoms with Crippen LogP contribution in [-0.4, -0.2) is 5.91 Å². The Kier molecular flexibility index (Phi) is 3.55. The van der Waals surface area contributed by atoms with E-state index < -0.39 is 28.9 Å². The van der Waals surface area contributed by atoms with E-state index in [4.69, 9.17) is 0 Å². The van der Waals surface area contributed by atoms with Crippen LogP contribution in [0.5, 0.6) is 0 Å². The summed E-state index contributed by atoms with van der Waals surface area (Å²) in [5.74, 6) is -3.89. The van der Waals surface area contributed by atoms with E-state index in [9.17, 15) is 18.0 Å². The molecule has 98 valence electrons. The summed E-state index contributed by atoms with van der Waals surface area (Å²) >= 11 is 0. The molecular formula is C14H10F3NO. The molecule has 0 radical (unpaired) electrons. The van der Waals surface area contributed by atoms with Crippen LogP contribution in [0.4, 0.5) is 18.9 Å². The fourth-order valence-electron chi connectivity index (χ4n) is 1.61. The van der Waals surface area contributed by atoms with Gasteiger partial charge in [-0.25, -0.2) is 13.2 Å². The zero-order valence-electron chi connectivity index (χ0n) is 10.0. The second kappa shape index (κ2) is 5.14. The van der Waals surface area contributed by atoms with Crippen LogP contribution in [0, 0.1) is 24.4 Å². The molecule has 19 heavy (non-hydrogen) atoms. The number of hydrogen-bond acceptors (Lipinski definition) is 1. The van der Waals surface area contributed by atoms with E-state index in [-0.39, 0.29) is 5.69 Å². The summed E-state index contributed by atoms with van der Waals surface area (Å²) in [5.41, 5.74) is -0.202. The fraction of sp³-hybridized carbons (Fsp3) is 0.0714. The van der Waals surface area contributed by atoms with Gasteiger partial charge in [0.25, 0.3) is 5.91 Å². The SMILES string of the molecule is Cc1cccc(NC(=O)c2cccc(F)c2F)c1F. The predicted octanol–water partition coefficient (Wildman–Crippen LogP) is 3.66. The van der Waals surface area contributed by atoms with Gasteiger partial charge in [-0.2, -0.15) is 0 Å². The van der Waals surface area contributed by atoms with Gasteiger partial charge in [-0.05, 0) is 30.7 Å². The molecule has 0 spiro atoms. The van der Waals surface area contributed by atoms with Crippen molar-refractivity contribution in [3.05, 3.63) is 65.0 Å². The van der Waals surface area contributed by atoms with Gasteiger partial charge in [0.05, 0.1) is 11.3 Å². The van der Waals surface area contributed by atoms with Crippen molar-refractivity contribution < 1.29 is 18.0 Å². The minimum atomic E-state index is -1.26. The molecule has 2 aromatic carbocycles. The summed E-state index contributed by atoms with van der Waals surface area (Å²) in [6.45, 7) is 1.54. The Bertz CT molecular complexity index is 641. The van der Waals surface area contributed by atoms with Gasteiger partial charge in [-0.15, -0.1) is 0 Å². The third-order valence-electron chi connectivity index (χ3n) is 2.64. The van der Waals surface area contributed by atoms with Crippen molar-refractivity contribution in [3.8, 4) is 0 Å². The number of rotatable bonds is 2. The molecule has 0 aliphatic rings. The molecule has 0 unspecified atom stereocenters. The highest BCUT2D eigenvalue weighted by Gasteiger charge is 2.16. The predicted molar refractivity (Wildman–Crippen MR) is 65.4 cm³/mol. The minimum absolute atomic E-state index is 0.0753. The van der Waals surface area contributed by atoms with Gasteiger partial charge in [0, 0.05) is 0 Å². The Labute approximate surface area is 107 Å². The second-order valence-electron chi connectivity index (χ2n) is 3.99. The Hall–Kier alpha value is -2.30. The highest BCUT2D eigenvalue weighted by Crippen LogP contribution is 2.19. The molecule has 0 aromatic heterocycles. The highest BCUT2D eigenvalue weighted by molar-refractivity contribution is 6.04. The maximum atomic E-state index is 13.7. The normalized spacial score (nSPS) is 10.3. The van der Waals surface area contributed by atoms with Crippen LogP contribution >= 0.6 is 0 Å². The van der Waals surface area contributed by atoms with Crippen LogP contribution < -0.4 is 5.32 Å². The van der Waals surface area contributed by atoms with Crippen molar-refractivity contribution in [1.29, 1.82) is 0 Å². The van der Waals surface area contributed by atoms with E-state index in [2.05, 4.69) is 5.32 Å². The Morgan fingerprint density at radius 3 is 2.42 bits per heavy atom. The maximum absolute atomic E-state index is 13.7. The fourth-order valence-corrected chi connectivity index (χ4v) is 1.61. The number of hydrogen-bond donors (Lipinski definition) is 1. The molecule has 2 nitrogen and oxygen atoms in total. The van der Waals surface area contributed by atoms with Crippen LogP contribution in [0.15, 0.2) is 36.4 Å². The van der Waals surface area contributed by atoms with Crippen LogP contribution in [0.3, 0.4) is 0 Å². The first-order valence-corrected chi connectivity index (χ1v) is 5.51. The number of benzene rings is 2. The van der Waals surface area contributed by atoms with E-state index in [0.717, 1.165) is 12.1 Å². The number of aryl methyl sites for hydroxylation is 1. The van der Waals surface area contributed by atoms with Crippen LogP contribution in [0.25, 0.3) is 0 Å². The van der Waals surface area contributed by atoms with Crippen LogP contribution in [-0.2, 0) is 0 Å². The van der Waals surface area contributed by atoms with Gasteiger partial charge in [0.15, 0.2) is 11.6 Å². The first-order valence-electron chi connectivity index (χ1n) is 5.51. The number of halogens is 3. The second-order valence-corrected chi connectivity index (χ2v) is 3.99. The van der Waals surface area contributed by atoms with Crippen molar-refractivity contribution in [3.63, 3.8) is 0 Å². The molecule has 0 fully saturated rings. The molecule has 0 bridgehead atoms. The number of carbonyl (C=O) groups excluding carboxylic acids is 1. The van der Waals surface area contributed by atoms with Gasteiger partial charge in [0.1, 0.15) is 5.82 Å². The lowest BCUT2D eigenvalue weighted by atomic mass is 10.1. The van der Waals surface area contributed by atoms with Gasteiger partial charge in [-0.3, -0.25) is 4.79 Å². The maximum Gasteiger partial charge on any atom is 0.258 e. The van der Waals surface area contributed by atoms with E-state index in [1.165, 1.54) is 25.1 Å². The molecule has 0 saturated carbocycles. The van der Waals surface area contributed by atoms with Gasteiger partial charge >= 0.3 is 0 Å². The number of amides is 1. The molecule has 0 aliphatic carbocycles. The number of nitrogens with one attached hydrogen (secondary N) is 1. The lowest BCUT2D eigenvalue weighted by molar-refractivity contribution is 0.102. The zero-order chi connectivity index (χ0) is 14.0. The quantitative estimate of drug-likeness (QED) is 0.882. The van der Waals surface area contributed by atoms with Gasteiger partial charge in [0.2, 0.25) is 0 Å². The topological polar surface area (TPSA) is 29.1 Å². The van der Waals surface area contributed by atoms with Crippen molar-refractivity contribution in [1.82, 2.24) is 0 Å². The van der Waals surface area contributed by atoms with Crippen LogP contribution in [0.1, 0.15) is 15.9 Å². The smallest absolute Gasteiger partial charge is 0.258 e. The lowest BCUT2D eigenvalue weighted by Crippen LogP contribution is -2.15. The van der Waals surface area contributed by atoms with Crippen molar-refractivity contribution in [2.24, 2.45) is 0 Å². The van der Waals surface area contributed by atoms with E-state index in [0.29, 0.717) is 5.56 Å². The molecule has 0 saturated heterocycles. The summed E-state index contributed by atoms with van der Waals surface area (Å²) in [4.78, 5) is 11.8. The summed E-state index contributed by atoms with van der Waals surface area (Å²) in [5, 5.41) is 2.21. The van der Waals surface area contributed by atoms with Crippen LogP contribution in [0.2, 0.25) is 0 Å². The summed E-state index contributed by atoms with van der Waals surface area (Å²) in [6.07, 6.45) is 0. The molecular weight excluding hydrogens is 255 g/mol.